The lowest BCUT2D eigenvalue weighted by molar-refractivity contribution is 0.0894. The number of hydrogen-bond acceptors (Lipinski definition) is 3. The van der Waals surface area contributed by atoms with Gasteiger partial charge in [0.1, 0.15) is 0 Å². The monoisotopic (exact) mass is 241 g/mol. The predicted octanol–water partition coefficient (Wildman–Crippen LogP) is 2.35. The van der Waals surface area contributed by atoms with Crippen LogP contribution in [0.3, 0.4) is 0 Å². The summed E-state index contributed by atoms with van der Waals surface area (Å²) in [6.45, 7) is 4.13. The van der Waals surface area contributed by atoms with Crippen molar-refractivity contribution in [3.63, 3.8) is 0 Å². The highest BCUT2D eigenvalue weighted by molar-refractivity contribution is 4.83. The second-order valence-corrected chi connectivity index (χ2v) is 5.49. The highest BCUT2D eigenvalue weighted by Gasteiger charge is 2.30. The standard InChI is InChI=1S/C14H27NO2/c1-11-13(8-10-16-11)14(15-2)7-3-5-12-6-4-9-17-12/h11-15H,3-10H2,1-2H3. The Morgan fingerprint density at radius 3 is 2.71 bits per heavy atom. The van der Waals surface area contributed by atoms with Crippen LogP contribution in [0.2, 0.25) is 0 Å². The van der Waals surface area contributed by atoms with Gasteiger partial charge in [0, 0.05) is 25.2 Å². The van der Waals surface area contributed by atoms with Gasteiger partial charge in [-0.3, -0.25) is 0 Å². The lowest BCUT2D eigenvalue weighted by atomic mass is 9.89. The molecule has 17 heavy (non-hydrogen) atoms. The lowest BCUT2D eigenvalue weighted by Crippen LogP contribution is -2.37. The Kier molecular flexibility index (Phi) is 5.26. The second-order valence-electron chi connectivity index (χ2n) is 5.49. The smallest absolute Gasteiger partial charge is 0.0590 e. The van der Waals surface area contributed by atoms with Gasteiger partial charge in [-0.05, 0) is 52.5 Å². The quantitative estimate of drug-likeness (QED) is 0.774. The zero-order chi connectivity index (χ0) is 12.1. The van der Waals surface area contributed by atoms with E-state index in [0.29, 0.717) is 24.2 Å². The SMILES string of the molecule is CNC(CCCC1CCCO1)C1CCOC1C. The van der Waals surface area contributed by atoms with E-state index in [9.17, 15) is 0 Å². The van der Waals surface area contributed by atoms with Crippen LogP contribution in [-0.2, 0) is 9.47 Å². The Bertz CT molecular complexity index is 216. The third-order valence-electron chi connectivity index (χ3n) is 4.39. The number of hydrogen-bond donors (Lipinski definition) is 1. The van der Waals surface area contributed by atoms with Crippen molar-refractivity contribution in [1.29, 1.82) is 0 Å². The van der Waals surface area contributed by atoms with E-state index < -0.39 is 0 Å². The van der Waals surface area contributed by atoms with Crippen LogP contribution in [0.1, 0.15) is 45.4 Å². The first-order chi connectivity index (χ1) is 8.31. The van der Waals surface area contributed by atoms with Gasteiger partial charge in [-0.2, -0.15) is 0 Å². The molecule has 2 aliphatic heterocycles. The summed E-state index contributed by atoms with van der Waals surface area (Å²) in [5, 5.41) is 3.48. The molecule has 0 aromatic heterocycles. The Hall–Kier alpha value is -0.120. The van der Waals surface area contributed by atoms with E-state index in [0.717, 1.165) is 13.2 Å². The minimum atomic E-state index is 0.426. The van der Waals surface area contributed by atoms with Gasteiger partial charge in [0.05, 0.1) is 12.2 Å². The number of rotatable bonds is 6. The van der Waals surface area contributed by atoms with Crippen LogP contribution in [0.25, 0.3) is 0 Å². The second kappa shape index (κ2) is 6.72. The zero-order valence-electron chi connectivity index (χ0n) is 11.3. The van der Waals surface area contributed by atoms with Crippen LogP contribution in [0.15, 0.2) is 0 Å². The fourth-order valence-electron chi connectivity index (χ4n) is 3.29. The van der Waals surface area contributed by atoms with E-state index >= 15 is 0 Å². The minimum Gasteiger partial charge on any atom is -0.378 e. The first-order valence-corrected chi connectivity index (χ1v) is 7.21. The van der Waals surface area contributed by atoms with E-state index in [1.165, 1.54) is 38.5 Å². The molecule has 4 unspecified atom stereocenters. The van der Waals surface area contributed by atoms with Crippen LogP contribution in [0.5, 0.6) is 0 Å². The van der Waals surface area contributed by atoms with E-state index in [4.69, 9.17) is 9.47 Å². The first kappa shape index (κ1) is 13.3. The lowest BCUT2D eigenvalue weighted by Gasteiger charge is -2.25. The highest BCUT2D eigenvalue weighted by atomic mass is 16.5. The first-order valence-electron chi connectivity index (χ1n) is 7.21. The van der Waals surface area contributed by atoms with Gasteiger partial charge in [0.2, 0.25) is 0 Å². The summed E-state index contributed by atoms with van der Waals surface area (Å²) in [4.78, 5) is 0. The molecule has 0 amide bonds. The molecule has 0 aromatic rings. The van der Waals surface area contributed by atoms with Crippen LogP contribution in [-0.4, -0.2) is 38.5 Å². The molecule has 1 N–H and O–H groups in total. The number of ether oxygens (including phenoxy) is 2. The molecule has 2 saturated heterocycles. The summed E-state index contributed by atoms with van der Waals surface area (Å²) in [6, 6.07) is 0.619. The third-order valence-corrected chi connectivity index (χ3v) is 4.39. The average molecular weight is 241 g/mol. The molecule has 0 aliphatic carbocycles. The van der Waals surface area contributed by atoms with Crippen molar-refractivity contribution in [3.05, 3.63) is 0 Å². The minimum absolute atomic E-state index is 0.426. The van der Waals surface area contributed by atoms with E-state index in [1.54, 1.807) is 0 Å². The maximum Gasteiger partial charge on any atom is 0.0590 e. The van der Waals surface area contributed by atoms with Crippen molar-refractivity contribution < 1.29 is 9.47 Å². The summed E-state index contributed by atoms with van der Waals surface area (Å²) in [5.41, 5.74) is 0. The van der Waals surface area contributed by atoms with Gasteiger partial charge in [-0.1, -0.05) is 0 Å². The molecule has 2 fully saturated rings. The molecular formula is C14H27NO2. The summed E-state index contributed by atoms with van der Waals surface area (Å²) in [6.07, 6.45) is 8.49. The van der Waals surface area contributed by atoms with Crippen LogP contribution in [0, 0.1) is 5.92 Å². The van der Waals surface area contributed by atoms with Crippen molar-refractivity contribution >= 4 is 0 Å². The van der Waals surface area contributed by atoms with E-state index in [-0.39, 0.29) is 0 Å². The Labute approximate surface area is 105 Å². The molecule has 0 aromatic carbocycles. The van der Waals surface area contributed by atoms with Crippen molar-refractivity contribution in [2.75, 3.05) is 20.3 Å². The molecule has 0 saturated carbocycles. The van der Waals surface area contributed by atoms with E-state index in [2.05, 4.69) is 19.3 Å². The number of nitrogens with one attached hydrogen (secondary N) is 1. The van der Waals surface area contributed by atoms with Gasteiger partial charge < -0.3 is 14.8 Å². The summed E-state index contributed by atoms with van der Waals surface area (Å²) >= 11 is 0. The van der Waals surface area contributed by atoms with Gasteiger partial charge in [-0.15, -0.1) is 0 Å². The van der Waals surface area contributed by atoms with E-state index in [1.807, 2.05) is 0 Å². The molecule has 4 atom stereocenters. The van der Waals surface area contributed by atoms with Crippen molar-refractivity contribution in [2.45, 2.75) is 63.7 Å². The summed E-state index contributed by atoms with van der Waals surface area (Å²) in [5.74, 6) is 0.699. The van der Waals surface area contributed by atoms with Crippen molar-refractivity contribution in [3.8, 4) is 0 Å². The summed E-state index contributed by atoms with van der Waals surface area (Å²) < 4.78 is 11.3. The van der Waals surface area contributed by atoms with Gasteiger partial charge in [0.25, 0.3) is 0 Å². The molecule has 2 aliphatic rings. The van der Waals surface area contributed by atoms with Crippen molar-refractivity contribution in [2.24, 2.45) is 5.92 Å². The summed E-state index contributed by atoms with van der Waals surface area (Å²) in [7, 11) is 2.09. The van der Waals surface area contributed by atoms with Gasteiger partial charge in [0.15, 0.2) is 0 Å². The van der Waals surface area contributed by atoms with Gasteiger partial charge in [-0.25, -0.2) is 0 Å². The molecule has 0 radical (unpaired) electrons. The maximum absolute atomic E-state index is 5.67. The van der Waals surface area contributed by atoms with Crippen molar-refractivity contribution in [1.82, 2.24) is 5.32 Å². The molecule has 0 bridgehead atoms. The predicted molar refractivity (Wildman–Crippen MR) is 69.2 cm³/mol. The Morgan fingerprint density at radius 2 is 2.12 bits per heavy atom. The maximum atomic E-state index is 5.67. The molecule has 2 rings (SSSR count). The molecule has 2 heterocycles. The third kappa shape index (κ3) is 3.67. The zero-order valence-corrected chi connectivity index (χ0v) is 11.3. The Balaban J connectivity index is 1.67. The normalized spacial score (nSPS) is 35.3. The largest absolute Gasteiger partial charge is 0.378 e. The topological polar surface area (TPSA) is 30.5 Å². The molecule has 100 valence electrons. The van der Waals surface area contributed by atoms with Crippen LogP contribution >= 0.6 is 0 Å². The highest BCUT2D eigenvalue weighted by Crippen LogP contribution is 2.27. The molecule has 3 heteroatoms. The fraction of sp³-hybridized carbons (Fsp3) is 1.00. The molecular weight excluding hydrogens is 214 g/mol. The fourth-order valence-corrected chi connectivity index (χ4v) is 3.29. The molecule has 3 nitrogen and oxygen atoms in total. The van der Waals surface area contributed by atoms with Crippen LogP contribution < -0.4 is 5.32 Å². The Morgan fingerprint density at radius 1 is 1.24 bits per heavy atom. The van der Waals surface area contributed by atoms with Crippen LogP contribution in [0.4, 0.5) is 0 Å². The molecule has 0 spiro atoms. The van der Waals surface area contributed by atoms with Gasteiger partial charge >= 0.3 is 0 Å². The average Bonchev–Trinajstić information content (AvgIpc) is 2.96.